The summed E-state index contributed by atoms with van der Waals surface area (Å²) in [5.74, 6) is 1.35. The van der Waals surface area contributed by atoms with Gasteiger partial charge in [0.05, 0.1) is 7.11 Å². The minimum Gasteiger partial charge on any atom is -0.493 e. The fourth-order valence-electron chi connectivity index (χ4n) is 2.74. The van der Waals surface area contributed by atoms with Gasteiger partial charge >= 0.3 is 6.03 Å². The first-order valence-corrected chi connectivity index (χ1v) is 8.32. The van der Waals surface area contributed by atoms with Gasteiger partial charge in [-0.1, -0.05) is 42.5 Å². The summed E-state index contributed by atoms with van der Waals surface area (Å²) in [4.78, 5) is 12.2. The highest BCUT2D eigenvalue weighted by Gasteiger charge is 2.14. The van der Waals surface area contributed by atoms with Crippen LogP contribution in [0.25, 0.3) is 0 Å². The predicted octanol–water partition coefficient (Wildman–Crippen LogP) is 4.11. The molecule has 0 heterocycles. The van der Waals surface area contributed by atoms with E-state index in [-0.39, 0.29) is 12.1 Å². The van der Waals surface area contributed by atoms with Crippen LogP contribution in [0.4, 0.5) is 10.5 Å². The van der Waals surface area contributed by atoms with Crippen LogP contribution in [-0.4, -0.2) is 19.2 Å². The van der Waals surface area contributed by atoms with E-state index in [2.05, 4.69) is 22.8 Å². The molecule has 25 heavy (non-hydrogen) atoms. The number of amides is 2. The Morgan fingerprint density at radius 3 is 2.48 bits per heavy atom. The van der Waals surface area contributed by atoms with Crippen molar-refractivity contribution in [2.24, 2.45) is 0 Å². The number of hydrogen-bond acceptors (Lipinski definition) is 3. The van der Waals surface area contributed by atoms with Crippen LogP contribution in [-0.2, 0) is 6.61 Å². The van der Waals surface area contributed by atoms with Crippen LogP contribution in [0.5, 0.6) is 11.5 Å². The van der Waals surface area contributed by atoms with E-state index in [4.69, 9.17) is 9.47 Å². The van der Waals surface area contributed by atoms with E-state index < -0.39 is 0 Å². The largest absolute Gasteiger partial charge is 0.493 e. The zero-order chi connectivity index (χ0) is 17.5. The van der Waals surface area contributed by atoms with Gasteiger partial charge in [0, 0.05) is 17.3 Å². The normalized spacial score (nSPS) is 13.5. The van der Waals surface area contributed by atoms with E-state index in [9.17, 15) is 4.79 Å². The molecule has 0 spiro atoms. The van der Waals surface area contributed by atoms with E-state index in [0.29, 0.717) is 18.1 Å². The molecule has 2 N–H and O–H groups in total. The third-order valence-corrected chi connectivity index (χ3v) is 4.06. The predicted molar refractivity (Wildman–Crippen MR) is 98.1 cm³/mol. The summed E-state index contributed by atoms with van der Waals surface area (Å²) >= 11 is 0. The number of anilines is 1. The number of urea groups is 1. The zero-order valence-electron chi connectivity index (χ0n) is 14.2. The van der Waals surface area contributed by atoms with Crippen molar-refractivity contribution in [1.82, 2.24) is 5.32 Å². The maximum Gasteiger partial charge on any atom is 0.319 e. The van der Waals surface area contributed by atoms with Crippen molar-refractivity contribution in [2.45, 2.75) is 25.5 Å². The molecule has 0 aliphatic heterocycles. The van der Waals surface area contributed by atoms with Crippen molar-refractivity contribution in [3.63, 3.8) is 0 Å². The van der Waals surface area contributed by atoms with Gasteiger partial charge in [-0.2, -0.15) is 0 Å². The zero-order valence-corrected chi connectivity index (χ0v) is 14.2. The molecule has 2 aromatic rings. The van der Waals surface area contributed by atoms with Gasteiger partial charge in [-0.3, -0.25) is 0 Å². The molecule has 0 radical (unpaired) electrons. The number of ether oxygens (including phenoxy) is 2. The summed E-state index contributed by atoms with van der Waals surface area (Å²) in [6.07, 6.45) is 5.93. The fourth-order valence-corrected chi connectivity index (χ4v) is 2.74. The average molecular weight is 338 g/mol. The molecule has 0 aromatic heterocycles. The van der Waals surface area contributed by atoms with Crippen molar-refractivity contribution < 1.29 is 14.3 Å². The van der Waals surface area contributed by atoms with Gasteiger partial charge in [0.1, 0.15) is 6.61 Å². The molecule has 0 saturated carbocycles. The number of para-hydroxylation sites is 3. The highest BCUT2D eigenvalue weighted by molar-refractivity contribution is 5.90. The lowest BCUT2D eigenvalue weighted by Crippen LogP contribution is -2.36. The summed E-state index contributed by atoms with van der Waals surface area (Å²) in [6, 6.07) is 15.1. The Morgan fingerprint density at radius 2 is 1.72 bits per heavy atom. The second-order valence-corrected chi connectivity index (χ2v) is 5.83. The van der Waals surface area contributed by atoms with Crippen molar-refractivity contribution in [3.8, 4) is 11.5 Å². The lowest BCUT2D eigenvalue weighted by atomic mass is 10.2. The molecule has 1 aliphatic carbocycles. The van der Waals surface area contributed by atoms with Crippen LogP contribution in [0.3, 0.4) is 0 Å². The van der Waals surface area contributed by atoms with Crippen molar-refractivity contribution in [1.29, 1.82) is 0 Å². The van der Waals surface area contributed by atoms with Gasteiger partial charge in [0.25, 0.3) is 0 Å². The Bertz CT molecular complexity index is 750. The Balaban J connectivity index is 1.63. The Labute approximate surface area is 147 Å². The number of benzene rings is 2. The molecule has 0 bridgehead atoms. The van der Waals surface area contributed by atoms with Gasteiger partial charge in [-0.25, -0.2) is 4.79 Å². The van der Waals surface area contributed by atoms with Crippen molar-refractivity contribution in [2.75, 3.05) is 12.4 Å². The van der Waals surface area contributed by atoms with E-state index in [1.165, 1.54) is 0 Å². The maximum absolute atomic E-state index is 12.2. The van der Waals surface area contributed by atoms with Crippen LogP contribution in [0.15, 0.2) is 60.7 Å². The summed E-state index contributed by atoms with van der Waals surface area (Å²) in [7, 11) is 1.61. The average Bonchev–Trinajstić information content (AvgIpc) is 3.14. The molecule has 5 heteroatoms. The third kappa shape index (κ3) is 4.53. The molecular weight excluding hydrogens is 316 g/mol. The lowest BCUT2D eigenvalue weighted by molar-refractivity contribution is 0.248. The molecular formula is C20H22N2O3. The van der Waals surface area contributed by atoms with Gasteiger partial charge in [-0.15, -0.1) is 0 Å². The van der Waals surface area contributed by atoms with E-state index >= 15 is 0 Å². The minimum atomic E-state index is -0.196. The Morgan fingerprint density at radius 1 is 1.04 bits per heavy atom. The van der Waals surface area contributed by atoms with Crippen LogP contribution < -0.4 is 20.1 Å². The standard InChI is InChI=1S/C20H22N2O3/c1-24-18-12-6-7-13-19(18)25-14-15-8-2-5-11-17(15)22-20(23)21-16-9-3-4-10-16/h2-8,11-13,16H,9-10,14H2,1H3,(H2,21,22,23). The van der Waals surface area contributed by atoms with Gasteiger partial charge < -0.3 is 20.1 Å². The van der Waals surface area contributed by atoms with E-state index in [1.807, 2.05) is 48.5 Å². The first-order chi connectivity index (χ1) is 12.3. The molecule has 0 fully saturated rings. The van der Waals surface area contributed by atoms with Gasteiger partial charge in [-0.05, 0) is 31.0 Å². The molecule has 130 valence electrons. The molecule has 2 aromatic carbocycles. The van der Waals surface area contributed by atoms with Crippen molar-refractivity contribution in [3.05, 3.63) is 66.2 Å². The number of rotatable bonds is 6. The number of carbonyl (C=O) groups excluding carboxylic acids is 1. The van der Waals surface area contributed by atoms with Crippen LogP contribution in [0.2, 0.25) is 0 Å². The molecule has 3 rings (SSSR count). The smallest absolute Gasteiger partial charge is 0.319 e. The molecule has 1 aliphatic rings. The topological polar surface area (TPSA) is 59.6 Å². The van der Waals surface area contributed by atoms with E-state index in [0.717, 1.165) is 24.1 Å². The Hall–Kier alpha value is -2.95. The first kappa shape index (κ1) is 16.9. The van der Waals surface area contributed by atoms with Gasteiger partial charge in [0.15, 0.2) is 11.5 Å². The van der Waals surface area contributed by atoms with Crippen LogP contribution in [0, 0.1) is 0 Å². The quantitative estimate of drug-likeness (QED) is 0.779. The van der Waals surface area contributed by atoms with E-state index in [1.54, 1.807) is 7.11 Å². The molecule has 0 saturated heterocycles. The number of nitrogens with one attached hydrogen (secondary N) is 2. The minimum absolute atomic E-state index is 0.178. The molecule has 0 unspecified atom stereocenters. The van der Waals surface area contributed by atoms with Crippen molar-refractivity contribution >= 4 is 11.7 Å². The SMILES string of the molecule is COc1ccccc1OCc1ccccc1NC(=O)NC1CC=CC1. The first-order valence-electron chi connectivity index (χ1n) is 8.32. The third-order valence-electron chi connectivity index (χ3n) is 4.06. The summed E-state index contributed by atoms with van der Waals surface area (Å²) in [5.41, 5.74) is 1.63. The molecule has 2 amide bonds. The van der Waals surface area contributed by atoms with Crippen LogP contribution in [0.1, 0.15) is 18.4 Å². The highest BCUT2D eigenvalue weighted by atomic mass is 16.5. The van der Waals surface area contributed by atoms with Gasteiger partial charge in [0.2, 0.25) is 0 Å². The molecule has 0 atom stereocenters. The number of methoxy groups -OCH3 is 1. The second-order valence-electron chi connectivity index (χ2n) is 5.83. The highest BCUT2D eigenvalue weighted by Crippen LogP contribution is 2.27. The number of hydrogen-bond donors (Lipinski definition) is 2. The summed E-state index contributed by atoms with van der Waals surface area (Å²) in [6.45, 7) is 0.335. The Kier molecular flexibility index (Phi) is 5.57. The summed E-state index contributed by atoms with van der Waals surface area (Å²) < 4.78 is 11.2. The second kappa shape index (κ2) is 8.24. The maximum atomic E-state index is 12.2. The monoisotopic (exact) mass is 338 g/mol. The number of carbonyl (C=O) groups is 1. The summed E-state index contributed by atoms with van der Waals surface area (Å²) in [5, 5.41) is 5.89. The molecule has 5 nitrogen and oxygen atoms in total. The fraction of sp³-hybridized carbons (Fsp3) is 0.250. The van der Waals surface area contributed by atoms with Crippen LogP contribution >= 0.6 is 0 Å². The lowest BCUT2D eigenvalue weighted by Gasteiger charge is -2.16.